The summed E-state index contributed by atoms with van der Waals surface area (Å²) >= 11 is 12.3. The Balaban J connectivity index is 1.39. The monoisotopic (exact) mass is 612 g/mol. The molecule has 1 saturated heterocycles. The van der Waals surface area contributed by atoms with E-state index in [0.29, 0.717) is 23.1 Å². The van der Waals surface area contributed by atoms with Gasteiger partial charge in [0, 0.05) is 47.6 Å². The molecule has 4 aromatic rings. The number of amides is 1. The zero-order valence-electron chi connectivity index (χ0n) is 22.0. The first-order valence-electron chi connectivity index (χ1n) is 12.8. The van der Waals surface area contributed by atoms with E-state index in [4.69, 9.17) is 23.2 Å². The minimum Gasteiger partial charge on any atom is -0.348 e. The summed E-state index contributed by atoms with van der Waals surface area (Å²) in [5, 5.41) is 3.95. The van der Waals surface area contributed by atoms with Gasteiger partial charge in [0.15, 0.2) is 0 Å². The molecule has 0 saturated carbocycles. The molecule has 1 amide bonds. The second-order valence-electron chi connectivity index (χ2n) is 9.91. The molecular formula is C30H27Cl2FN4O3S. The molecule has 5 rings (SSSR count). The fraction of sp³-hybridized carbons (Fsp3) is 0.200. The highest BCUT2D eigenvalue weighted by atomic mass is 35.5. The molecule has 1 N–H and O–H groups in total. The second-order valence-corrected chi connectivity index (χ2v) is 12.6. The minimum absolute atomic E-state index is 0.0222. The lowest BCUT2D eigenvalue weighted by atomic mass is 9.93. The highest BCUT2D eigenvalue weighted by molar-refractivity contribution is 7.92. The molecule has 1 aliphatic rings. The Morgan fingerprint density at radius 2 is 1.63 bits per heavy atom. The fourth-order valence-corrected chi connectivity index (χ4v) is 6.46. The third kappa shape index (κ3) is 6.87. The molecule has 212 valence electrons. The van der Waals surface area contributed by atoms with E-state index < -0.39 is 27.8 Å². The van der Waals surface area contributed by atoms with E-state index >= 15 is 0 Å². The van der Waals surface area contributed by atoms with Crippen LogP contribution in [0.3, 0.4) is 0 Å². The predicted molar refractivity (Wildman–Crippen MR) is 159 cm³/mol. The Labute approximate surface area is 248 Å². The maximum Gasteiger partial charge on any atom is 0.251 e. The lowest BCUT2D eigenvalue weighted by Gasteiger charge is -2.48. The molecule has 0 atom stereocenters. The van der Waals surface area contributed by atoms with Crippen LogP contribution in [0.25, 0.3) is 0 Å². The zero-order valence-corrected chi connectivity index (χ0v) is 24.4. The van der Waals surface area contributed by atoms with Gasteiger partial charge in [0.25, 0.3) is 5.91 Å². The van der Waals surface area contributed by atoms with Crippen LogP contribution in [0.5, 0.6) is 0 Å². The van der Waals surface area contributed by atoms with E-state index in [-0.39, 0.29) is 23.8 Å². The first kappa shape index (κ1) is 29.0. The molecule has 1 fully saturated rings. The number of likely N-dealkylation sites (tertiary alicyclic amines) is 1. The van der Waals surface area contributed by atoms with Gasteiger partial charge in [0.2, 0.25) is 10.0 Å². The van der Waals surface area contributed by atoms with Crippen LogP contribution in [-0.4, -0.2) is 49.6 Å². The fourth-order valence-electron chi connectivity index (χ4n) is 5.04. The molecule has 0 bridgehead atoms. The predicted octanol–water partition coefficient (Wildman–Crippen LogP) is 5.70. The first-order chi connectivity index (χ1) is 19.6. The van der Waals surface area contributed by atoms with Gasteiger partial charge in [-0.15, -0.1) is 0 Å². The smallest absolute Gasteiger partial charge is 0.251 e. The van der Waals surface area contributed by atoms with Crippen molar-refractivity contribution in [1.29, 1.82) is 0 Å². The number of nitrogens with one attached hydrogen (secondary N) is 1. The third-order valence-electron chi connectivity index (χ3n) is 6.89. The van der Waals surface area contributed by atoms with E-state index in [0.717, 1.165) is 35.1 Å². The topological polar surface area (TPSA) is 82.6 Å². The van der Waals surface area contributed by atoms with Crippen molar-refractivity contribution >= 4 is 44.8 Å². The van der Waals surface area contributed by atoms with Crippen molar-refractivity contribution in [3.8, 4) is 0 Å². The number of hydrogen-bond donors (Lipinski definition) is 1. The molecular weight excluding hydrogens is 586 g/mol. The SMILES string of the molecule is CS(=O)(=O)N(c1cc(F)cc(C(=O)NCc2cccnc2)c1)C1CN(C(c2ccc(Cl)cc2)c2ccc(Cl)cc2)C1. The quantitative estimate of drug-likeness (QED) is 0.262. The number of rotatable bonds is 9. The summed E-state index contributed by atoms with van der Waals surface area (Å²) in [6.07, 6.45) is 4.32. The van der Waals surface area contributed by atoms with E-state index in [1.54, 1.807) is 24.5 Å². The molecule has 0 aliphatic carbocycles. The Morgan fingerprint density at radius 3 is 2.17 bits per heavy atom. The first-order valence-corrected chi connectivity index (χ1v) is 15.4. The maximum atomic E-state index is 14.8. The minimum atomic E-state index is -3.82. The Hall–Kier alpha value is -3.50. The molecule has 1 aromatic heterocycles. The lowest BCUT2D eigenvalue weighted by molar-refractivity contribution is 0.0950. The van der Waals surface area contributed by atoms with Gasteiger partial charge in [0.1, 0.15) is 5.82 Å². The number of aromatic nitrogens is 1. The number of hydrogen-bond acceptors (Lipinski definition) is 5. The summed E-state index contributed by atoms with van der Waals surface area (Å²) in [6, 6.07) is 21.5. The summed E-state index contributed by atoms with van der Waals surface area (Å²) < 4.78 is 42.0. The van der Waals surface area contributed by atoms with Crippen LogP contribution < -0.4 is 9.62 Å². The van der Waals surface area contributed by atoms with Crippen molar-refractivity contribution in [3.05, 3.63) is 129 Å². The maximum absolute atomic E-state index is 14.8. The molecule has 11 heteroatoms. The molecule has 0 unspecified atom stereocenters. The van der Waals surface area contributed by atoms with Crippen LogP contribution in [0.15, 0.2) is 91.3 Å². The van der Waals surface area contributed by atoms with Crippen LogP contribution in [0.2, 0.25) is 10.0 Å². The standard InChI is InChI=1S/C30H27Cl2FN4O3S/c1-41(39,40)37(27-14-23(13-26(33)15-27)30(38)35-17-20-3-2-12-34-16-20)28-18-36(19-28)29(21-4-8-24(31)9-5-21)22-6-10-25(32)11-7-22/h2-16,28-29H,17-19H2,1H3,(H,35,38). The molecule has 0 radical (unpaired) electrons. The molecule has 2 heterocycles. The van der Waals surface area contributed by atoms with Gasteiger partial charge in [-0.05, 0) is 65.2 Å². The highest BCUT2D eigenvalue weighted by Gasteiger charge is 2.41. The van der Waals surface area contributed by atoms with E-state index in [2.05, 4.69) is 15.2 Å². The van der Waals surface area contributed by atoms with Crippen molar-refractivity contribution in [2.45, 2.75) is 18.6 Å². The number of carbonyl (C=O) groups is 1. The largest absolute Gasteiger partial charge is 0.348 e. The number of anilines is 1. The van der Waals surface area contributed by atoms with Gasteiger partial charge in [-0.3, -0.25) is 19.0 Å². The van der Waals surface area contributed by atoms with Crippen molar-refractivity contribution in [1.82, 2.24) is 15.2 Å². The number of carbonyl (C=O) groups excluding carboxylic acids is 1. The number of halogens is 3. The molecule has 7 nitrogen and oxygen atoms in total. The van der Waals surface area contributed by atoms with Crippen LogP contribution in [0, 0.1) is 5.82 Å². The van der Waals surface area contributed by atoms with Gasteiger partial charge in [-0.1, -0.05) is 53.5 Å². The van der Waals surface area contributed by atoms with Gasteiger partial charge in [-0.2, -0.15) is 0 Å². The van der Waals surface area contributed by atoms with Gasteiger partial charge < -0.3 is 5.32 Å². The van der Waals surface area contributed by atoms with Crippen LogP contribution >= 0.6 is 23.2 Å². The molecule has 1 aliphatic heterocycles. The highest BCUT2D eigenvalue weighted by Crippen LogP contribution is 2.37. The molecule has 41 heavy (non-hydrogen) atoms. The zero-order chi connectivity index (χ0) is 29.1. The third-order valence-corrected chi connectivity index (χ3v) is 8.62. The summed E-state index contributed by atoms with van der Waals surface area (Å²) in [5.41, 5.74) is 2.87. The number of nitrogens with zero attached hydrogens (tertiary/aromatic N) is 3. The van der Waals surface area contributed by atoms with Gasteiger partial charge in [0.05, 0.1) is 24.0 Å². The lowest BCUT2D eigenvalue weighted by Crippen LogP contribution is -2.61. The summed E-state index contributed by atoms with van der Waals surface area (Å²) in [5.74, 6) is -1.23. The van der Waals surface area contributed by atoms with Gasteiger partial charge >= 0.3 is 0 Å². The van der Waals surface area contributed by atoms with Crippen LogP contribution in [-0.2, 0) is 16.6 Å². The summed E-state index contributed by atoms with van der Waals surface area (Å²) in [7, 11) is -3.82. The van der Waals surface area contributed by atoms with Gasteiger partial charge in [-0.25, -0.2) is 12.8 Å². The van der Waals surface area contributed by atoms with Crippen molar-refractivity contribution in [2.75, 3.05) is 23.7 Å². The number of pyridine rings is 1. The second kappa shape index (κ2) is 12.2. The van der Waals surface area contributed by atoms with Crippen molar-refractivity contribution in [3.63, 3.8) is 0 Å². The van der Waals surface area contributed by atoms with Crippen molar-refractivity contribution in [2.24, 2.45) is 0 Å². The van der Waals surface area contributed by atoms with E-state index in [9.17, 15) is 17.6 Å². The summed E-state index contributed by atoms with van der Waals surface area (Å²) in [6.45, 7) is 0.951. The molecule has 0 spiro atoms. The average molecular weight is 614 g/mol. The van der Waals surface area contributed by atoms with Crippen LogP contribution in [0.1, 0.15) is 33.1 Å². The average Bonchev–Trinajstić information content (AvgIpc) is 2.91. The summed E-state index contributed by atoms with van der Waals surface area (Å²) in [4.78, 5) is 19.0. The number of sulfonamides is 1. The number of benzene rings is 3. The van der Waals surface area contributed by atoms with E-state index in [1.165, 1.54) is 10.4 Å². The van der Waals surface area contributed by atoms with E-state index in [1.807, 2.05) is 48.5 Å². The Morgan fingerprint density at radius 1 is 1.02 bits per heavy atom. The normalized spacial score (nSPS) is 14.1. The Kier molecular flexibility index (Phi) is 8.60. The Bertz CT molecular complexity index is 1590. The van der Waals surface area contributed by atoms with Crippen LogP contribution in [0.4, 0.5) is 10.1 Å². The molecule has 3 aromatic carbocycles. The van der Waals surface area contributed by atoms with Crippen molar-refractivity contribution < 1.29 is 17.6 Å².